The molecule has 0 saturated carbocycles. The van der Waals surface area contributed by atoms with Crippen LogP contribution in [0.2, 0.25) is 0 Å². The van der Waals surface area contributed by atoms with Crippen LogP contribution in [0.4, 0.5) is 14.9 Å². The zero-order valence-electron chi connectivity index (χ0n) is 9.74. The monoisotopic (exact) mass is 237 g/mol. The quantitative estimate of drug-likeness (QED) is 0.821. The van der Waals surface area contributed by atoms with E-state index < -0.39 is 0 Å². The number of hydrogen-bond acceptors (Lipinski definition) is 2. The number of halogens is 1. The van der Waals surface area contributed by atoms with Crippen LogP contribution in [-0.2, 0) is 0 Å². The van der Waals surface area contributed by atoms with Gasteiger partial charge in [-0.05, 0) is 31.2 Å². The number of carbonyl (C=O) groups excluding carboxylic acids is 1. The number of urea groups is 1. The summed E-state index contributed by atoms with van der Waals surface area (Å²) in [6.45, 7) is 1.75. The lowest BCUT2D eigenvalue weighted by Gasteiger charge is -2.24. The minimum atomic E-state index is -0.354. The molecule has 2 N–H and O–H groups in total. The van der Waals surface area contributed by atoms with Gasteiger partial charge >= 0.3 is 6.03 Å². The molecule has 1 aliphatic heterocycles. The number of anilines is 1. The van der Waals surface area contributed by atoms with Crippen molar-refractivity contribution >= 4 is 11.7 Å². The summed E-state index contributed by atoms with van der Waals surface area (Å²) in [4.78, 5) is 13.5. The van der Waals surface area contributed by atoms with E-state index in [4.69, 9.17) is 0 Å². The third-order valence-electron chi connectivity index (χ3n) is 2.98. The van der Waals surface area contributed by atoms with E-state index in [2.05, 4.69) is 10.6 Å². The van der Waals surface area contributed by atoms with E-state index in [1.165, 1.54) is 12.1 Å². The molecule has 1 saturated heterocycles. The highest BCUT2D eigenvalue weighted by atomic mass is 19.1. The molecule has 1 aromatic carbocycles. The smallest absolute Gasteiger partial charge is 0.321 e. The molecule has 1 aromatic rings. The summed E-state index contributed by atoms with van der Waals surface area (Å²) in [7, 11) is 1.76. The number of nitrogens with one attached hydrogen (secondary N) is 2. The van der Waals surface area contributed by atoms with Gasteiger partial charge in [0, 0.05) is 25.3 Å². The fraction of sp³-hybridized carbons (Fsp3) is 0.417. The predicted molar refractivity (Wildman–Crippen MR) is 64.5 cm³/mol. The van der Waals surface area contributed by atoms with Gasteiger partial charge in [0.25, 0.3) is 0 Å². The topological polar surface area (TPSA) is 44.4 Å². The Morgan fingerprint density at radius 2 is 2.41 bits per heavy atom. The van der Waals surface area contributed by atoms with E-state index in [0.717, 1.165) is 19.5 Å². The van der Waals surface area contributed by atoms with Crippen molar-refractivity contribution in [3.63, 3.8) is 0 Å². The fourth-order valence-corrected chi connectivity index (χ4v) is 1.91. The Bertz CT molecular complexity index is 404. The van der Waals surface area contributed by atoms with Crippen molar-refractivity contribution in [2.24, 2.45) is 0 Å². The van der Waals surface area contributed by atoms with Crippen molar-refractivity contribution in [3.8, 4) is 0 Å². The molecule has 0 aromatic heterocycles. The Morgan fingerprint density at radius 1 is 1.59 bits per heavy atom. The molecular formula is C12H16FN3O. The van der Waals surface area contributed by atoms with Crippen molar-refractivity contribution in [1.29, 1.82) is 0 Å². The third kappa shape index (κ3) is 2.94. The molecule has 1 atom stereocenters. The summed E-state index contributed by atoms with van der Waals surface area (Å²) < 4.78 is 12.9. The molecule has 5 heteroatoms. The van der Waals surface area contributed by atoms with Crippen LogP contribution in [0.5, 0.6) is 0 Å². The lowest BCUT2D eigenvalue weighted by atomic mass is 10.2. The molecule has 1 aliphatic rings. The van der Waals surface area contributed by atoms with Gasteiger partial charge in [-0.15, -0.1) is 0 Å². The van der Waals surface area contributed by atoms with E-state index in [1.54, 1.807) is 24.1 Å². The number of benzene rings is 1. The summed E-state index contributed by atoms with van der Waals surface area (Å²) in [5, 5.41) is 5.88. The molecular weight excluding hydrogens is 221 g/mol. The Morgan fingerprint density at radius 3 is 3.06 bits per heavy atom. The standard InChI is InChI=1S/C12H16FN3O/c1-16(11-5-6-14-8-11)12(17)15-10-4-2-3-9(13)7-10/h2-4,7,11,14H,5-6,8H2,1H3,(H,15,17). The van der Waals surface area contributed by atoms with Crippen LogP contribution in [0.1, 0.15) is 6.42 Å². The number of likely N-dealkylation sites (N-methyl/N-ethyl adjacent to an activating group) is 1. The molecule has 2 rings (SSSR count). The zero-order chi connectivity index (χ0) is 12.3. The first-order valence-electron chi connectivity index (χ1n) is 5.67. The fourth-order valence-electron chi connectivity index (χ4n) is 1.91. The highest BCUT2D eigenvalue weighted by molar-refractivity contribution is 5.89. The van der Waals surface area contributed by atoms with Gasteiger partial charge in [-0.2, -0.15) is 0 Å². The van der Waals surface area contributed by atoms with E-state index in [0.29, 0.717) is 5.69 Å². The third-order valence-corrected chi connectivity index (χ3v) is 2.98. The van der Waals surface area contributed by atoms with Gasteiger partial charge in [-0.25, -0.2) is 9.18 Å². The van der Waals surface area contributed by atoms with Gasteiger partial charge in [0.1, 0.15) is 5.82 Å². The normalized spacial score (nSPS) is 19.1. The molecule has 92 valence electrons. The van der Waals surface area contributed by atoms with Gasteiger partial charge in [0.05, 0.1) is 0 Å². The Kier molecular flexibility index (Phi) is 3.58. The maximum atomic E-state index is 12.9. The molecule has 0 aliphatic carbocycles. The summed E-state index contributed by atoms with van der Waals surface area (Å²) in [5.41, 5.74) is 0.479. The molecule has 4 nitrogen and oxygen atoms in total. The lowest BCUT2D eigenvalue weighted by molar-refractivity contribution is 0.207. The maximum Gasteiger partial charge on any atom is 0.321 e. The van der Waals surface area contributed by atoms with Crippen LogP contribution in [0, 0.1) is 5.82 Å². The number of carbonyl (C=O) groups is 1. The van der Waals surface area contributed by atoms with Crippen molar-refractivity contribution < 1.29 is 9.18 Å². The van der Waals surface area contributed by atoms with Crippen LogP contribution in [0.15, 0.2) is 24.3 Å². The first-order chi connectivity index (χ1) is 8.16. The van der Waals surface area contributed by atoms with Crippen LogP contribution in [0.3, 0.4) is 0 Å². The lowest BCUT2D eigenvalue weighted by Crippen LogP contribution is -2.41. The number of amides is 2. The summed E-state index contributed by atoms with van der Waals surface area (Å²) in [6, 6.07) is 5.90. The number of rotatable bonds is 2. The van der Waals surface area contributed by atoms with Crippen LogP contribution in [0.25, 0.3) is 0 Å². The summed E-state index contributed by atoms with van der Waals surface area (Å²) in [5.74, 6) is -0.354. The van der Waals surface area contributed by atoms with Gasteiger partial charge in [0.2, 0.25) is 0 Å². The van der Waals surface area contributed by atoms with Crippen LogP contribution in [-0.4, -0.2) is 37.1 Å². The average molecular weight is 237 g/mol. The first-order valence-corrected chi connectivity index (χ1v) is 5.67. The van der Waals surface area contributed by atoms with E-state index >= 15 is 0 Å². The van der Waals surface area contributed by atoms with E-state index in [9.17, 15) is 9.18 Å². The largest absolute Gasteiger partial charge is 0.323 e. The minimum absolute atomic E-state index is 0.204. The Balaban J connectivity index is 1.96. The Labute approximate surface area is 99.8 Å². The highest BCUT2D eigenvalue weighted by Gasteiger charge is 2.22. The maximum absolute atomic E-state index is 12.9. The van der Waals surface area contributed by atoms with Crippen molar-refractivity contribution in [2.45, 2.75) is 12.5 Å². The van der Waals surface area contributed by atoms with Gasteiger partial charge in [0.15, 0.2) is 0 Å². The molecule has 1 heterocycles. The predicted octanol–water partition coefficient (Wildman–Crippen LogP) is 1.65. The number of nitrogens with zero attached hydrogens (tertiary/aromatic N) is 1. The second-order valence-electron chi connectivity index (χ2n) is 4.20. The SMILES string of the molecule is CN(C(=O)Nc1cccc(F)c1)C1CCNC1. The molecule has 1 unspecified atom stereocenters. The average Bonchev–Trinajstić information content (AvgIpc) is 2.81. The second-order valence-corrected chi connectivity index (χ2v) is 4.20. The van der Waals surface area contributed by atoms with Crippen LogP contribution >= 0.6 is 0 Å². The minimum Gasteiger partial charge on any atom is -0.323 e. The molecule has 0 spiro atoms. The van der Waals surface area contributed by atoms with Crippen molar-refractivity contribution in [3.05, 3.63) is 30.1 Å². The first kappa shape index (κ1) is 11.9. The van der Waals surface area contributed by atoms with Gasteiger partial charge in [-0.1, -0.05) is 6.07 Å². The highest BCUT2D eigenvalue weighted by Crippen LogP contribution is 2.12. The zero-order valence-corrected chi connectivity index (χ0v) is 9.74. The summed E-state index contributed by atoms with van der Waals surface area (Å²) >= 11 is 0. The second kappa shape index (κ2) is 5.14. The van der Waals surface area contributed by atoms with E-state index in [1.807, 2.05) is 0 Å². The van der Waals surface area contributed by atoms with Crippen LogP contribution < -0.4 is 10.6 Å². The van der Waals surface area contributed by atoms with Crippen molar-refractivity contribution in [1.82, 2.24) is 10.2 Å². The molecule has 0 radical (unpaired) electrons. The number of hydrogen-bond donors (Lipinski definition) is 2. The summed E-state index contributed by atoms with van der Waals surface area (Å²) in [6.07, 6.45) is 0.951. The van der Waals surface area contributed by atoms with E-state index in [-0.39, 0.29) is 17.9 Å². The molecule has 17 heavy (non-hydrogen) atoms. The molecule has 0 bridgehead atoms. The molecule has 1 fully saturated rings. The molecule has 2 amide bonds. The van der Waals surface area contributed by atoms with Crippen molar-refractivity contribution in [2.75, 3.05) is 25.5 Å². The Hall–Kier alpha value is -1.62. The van der Waals surface area contributed by atoms with Gasteiger partial charge < -0.3 is 15.5 Å². The van der Waals surface area contributed by atoms with Gasteiger partial charge in [-0.3, -0.25) is 0 Å².